The number of rotatable bonds is 3. The molecule has 1 aliphatic rings. The predicted octanol–water partition coefficient (Wildman–Crippen LogP) is 1.60. The van der Waals surface area contributed by atoms with Crippen LogP contribution in [-0.2, 0) is 0 Å². The number of hydrogen-bond acceptors (Lipinski definition) is 4. The van der Waals surface area contributed by atoms with Gasteiger partial charge in [0.15, 0.2) is 5.82 Å². The zero-order valence-electron chi connectivity index (χ0n) is 10.3. The lowest BCUT2D eigenvalue weighted by Crippen LogP contribution is -2.10. The minimum atomic E-state index is -0.522. The van der Waals surface area contributed by atoms with Gasteiger partial charge in [-0.15, -0.1) is 0 Å². The summed E-state index contributed by atoms with van der Waals surface area (Å²) in [6, 6.07) is 0. The maximum Gasteiger partial charge on any atom is 0.251 e. The highest BCUT2D eigenvalue weighted by molar-refractivity contribution is 6.30. The molecule has 1 saturated carbocycles. The van der Waals surface area contributed by atoms with Gasteiger partial charge >= 0.3 is 0 Å². The summed E-state index contributed by atoms with van der Waals surface area (Å²) in [6.45, 7) is 1.82. The summed E-state index contributed by atoms with van der Waals surface area (Å²) in [6.07, 6.45) is 5.13. The average Bonchev–Trinajstić information content (AvgIpc) is 3.09. The molecule has 2 N–H and O–H groups in total. The molecule has 0 unspecified atom stereocenters. The van der Waals surface area contributed by atoms with Crippen molar-refractivity contribution in [1.82, 2.24) is 19.7 Å². The second kappa shape index (κ2) is 4.31. The third kappa shape index (κ3) is 2.19. The molecule has 2 heterocycles. The third-order valence-corrected chi connectivity index (χ3v) is 3.47. The van der Waals surface area contributed by atoms with Gasteiger partial charge in [-0.3, -0.25) is 4.79 Å². The lowest BCUT2D eigenvalue weighted by Gasteiger charge is -2.08. The average molecular weight is 278 g/mol. The molecule has 0 aromatic carbocycles. The molecule has 0 radical (unpaired) electrons. The quantitative estimate of drug-likeness (QED) is 0.863. The van der Waals surface area contributed by atoms with Crippen LogP contribution in [0.25, 0.3) is 5.82 Å². The van der Waals surface area contributed by atoms with Crippen LogP contribution in [0.15, 0.2) is 12.4 Å². The van der Waals surface area contributed by atoms with E-state index in [0.717, 1.165) is 24.2 Å². The van der Waals surface area contributed by atoms with Crippen LogP contribution in [0.1, 0.15) is 40.5 Å². The van der Waals surface area contributed by atoms with Gasteiger partial charge in [-0.05, 0) is 19.8 Å². The molecule has 6 nitrogen and oxygen atoms in total. The molecule has 1 fully saturated rings. The Bertz CT molecular complexity index is 662. The molecule has 0 bridgehead atoms. The molecule has 1 amide bonds. The molecule has 2 aromatic rings. The van der Waals surface area contributed by atoms with Crippen molar-refractivity contribution >= 4 is 17.5 Å². The number of primary amides is 1. The van der Waals surface area contributed by atoms with E-state index in [2.05, 4.69) is 15.1 Å². The van der Waals surface area contributed by atoms with Crippen LogP contribution in [0.3, 0.4) is 0 Å². The Kier molecular flexibility index (Phi) is 2.74. The van der Waals surface area contributed by atoms with Crippen molar-refractivity contribution < 1.29 is 4.79 Å². The second-order valence-electron chi connectivity index (χ2n) is 4.63. The van der Waals surface area contributed by atoms with E-state index in [4.69, 9.17) is 17.3 Å². The van der Waals surface area contributed by atoms with E-state index in [1.807, 2.05) is 6.92 Å². The van der Waals surface area contributed by atoms with Crippen molar-refractivity contribution in [3.05, 3.63) is 34.5 Å². The number of amides is 1. The standard InChI is InChI=1S/C12H12ClN5O/c1-6-9(13)16-11(7-2-3-7)17-12(6)18-5-8(4-15-18)10(14)19/h4-5,7H,2-3H2,1H3,(H2,14,19). The summed E-state index contributed by atoms with van der Waals surface area (Å²) in [5.41, 5.74) is 6.27. The van der Waals surface area contributed by atoms with Gasteiger partial charge in [-0.25, -0.2) is 14.6 Å². The van der Waals surface area contributed by atoms with E-state index in [1.165, 1.54) is 10.9 Å². The van der Waals surface area contributed by atoms with Crippen molar-refractivity contribution in [3.8, 4) is 5.82 Å². The summed E-state index contributed by atoms with van der Waals surface area (Å²) >= 11 is 6.13. The zero-order chi connectivity index (χ0) is 13.6. The van der Waals surface area contributed by atoms with Crippen molar-refractivity contribution in [3.63, 3.8) is 0 Å². The Hall–Kier alpha value is -1.95. The molecule has 0 atom stereocenters. The Balaban J connectivity index is 2.09. The second-order valence-corrected chi connectivity index (χ2v) is 4.99. The maximum atomic E-state index is 11.1. The summed E-state index contributed by atoms with van der Waals surface area (Å²) in [4.78, 5) is 19.9. The number of carbonyl (C=O) groups is 1. The highest BCUT2D eigenvalue weighted by atomic mass is 35.5. The molecule has 0 saturated heterocycles. The summed E-state index contributed by atoms with van der Waals surface area (Å²) < 4.78 is 1.51. The number of nitrogens with zero attached hydrogens (tertiary/aromatic N) is 4. The number of carbonyl (C=O) groups excluding carboxylic acids is 1. The Morgan fingerprint density at radius 3 is 2.79 bits per heavy atom. The van der Waals surface area contributed by atoms with Crippen molar-refractivity contribution in [1.29, 1.82) is 0 Å². The maximum absolute atomic E-state index is 11.1. The van der Waals surface area contributed by atoms with E-state index < -0.39 is 5.91 Å². The molecule has 1 aliphatic carbocycles. The lowest BCUT2D eigenvalue weighted by molar-refractivity contribution is 0.100. The Morgan fingerprint density at radius 2 is 2.21 bits per heavy atom. The van der Waals surface area contributed by atoms with E-state index in [0.29, 0.717) is 22.5 Å². The molecular weight excluding hydrogens is 266 g/mol. The highest BCUT2D eigenvalue weighted by Crippen LogP contribution is 2.39. The van der Waals surface area contributed by atoms with Gasteiger partial charge in [0.1, 0.15) is 11.0 Å². The smallest absolute Gasteiger partial charge is 0.251 e. The molecule has 7 heteroatoms. The monoisotopic (exact) mass is 277 g/mol. The number of nitrogens with two attached hydrogens (primary N) is 1. The molecule has 2 aromatic heterocycles. The molecule has 0 aliphatic heterocycles. The third-order valence-electron chi connectivity index (χ3n) is 3.10. The van der Waals surface area contributed by atoms with Crippen LogP contribution < -0.4 is 5.73 Å². The van der Waals surface area contributed by atoms with Gasteiger partial charge in [0.2, 0.25) is 0 Å². The van der Waals surface area contributed by atoms with E-state index >= 15 is 0 Å². The number of halogens is 1. The largest absolute Gasteiger partial charge is 0.366 e. The molecule has 3 rings (SSSR count). The lowest BCUT2D eigenvalue weighted by atomic mass is 10.3. The fourth-order valence-corrected chi connectivity index (χ4v) is 1.98. The predicted molar refractivity (Wildman–Crippen MR) is 69.4 cm³/mol. The minimum Gasteiger partial charge on any atom is -0.366 e. The molecular formula is C12H12ClN5O. The molecule has 0 spiro atoms. The first-order valence-electron chi connectivity index (χ1n) is 5.95. The van der Waals surface area contributed by atoms with Crippen LogP contribution in [-0.4, -0.2) is 25.7 Å². The summed E-state index contributed by atoms with van der Waals surface area (Å²) in [7, 11) is 0. The normalized spacial score (nSPS) is 14.6. The fourth-order valence-electron chi connectivity index (χ4n) is 1.81. The molecule has 19 heavy (non-hydrogen) atoms. The van der Waals surface area contributed by atoms with Crippen molar-refractivity contribution in [2.75, 3.05) is 0 Å². The van der Waals surface area contributed by atoms with Crippen LogP contribution in [0, 0.1) is 6.92 Å². The first-order valence-corrected chi connectivity index (χ1v) is 6.33. The fraction of sp³-hybridized carbons (Fsp3) is 0.333. The van der Waals surface area contributed by atoms with Crippen molar-refractivity contribution in [2.24, 2.45) is 5.73 Å². The van der Waals surface area contributed by atoms with Gasteiger partial charge in [0, 0.05) is 17.7 Å². The molecule has 98 valence electrons. The van der Waals surface area contributed by atoms with E-state index in [9.17, 15) is 4.79 Å². The highest BCUT2D eigenvalue weighted by Gasteiger charge is 2.28. The van der Waals surface area contributed by atoms with Crippen LogP contribution in [0.4, 0.5) is 0 Å². The van der Waals surface area contributed by atoms with E-state index in [1.54, 1.807) is 6.20 Å². The first kappa shape index (κ1) is 12.1. The van der Waals surface area contributed by atoms with Gasteiger partial charge in [-0.2, -0.15) is 5.10 Å². The van der Waals surface area contributed by atoms with Gasteiger partial charge < -0.3 is 5.73 Å². The first-order chi connectivity index (χ1) is 9.06. The summed E-state index contributed by atoms with van der Waals surface area (Å²) in [5.74, 6) is 1.20. The topological polar surface area (TPSA) is 86.7 Å². The Labute approximate surface area is 114 Å². The van der Waals surface area contributed by atoms with Crippen LogP contribution >= 0.6 is 11.6 Å². The van der Waals surface area contributed by atoms with Crippen LogP contribution in [0.2, 0.25) is 5.15 Å². The minimum absolute atomic E-state index is 0.335. The summed E-state index contributed by atoms with van der Waals surface area (Å²) in [5, 5.41) is 4.52. The van der Waals surface area contributed by atoms with E-state index in [-0.39, 0.29) is 0 Å². The van der Waals surface area contributed by atoms with Crippen molar-refractivity contribution in [2.45, 2.75) is 25.7 Å². The number of hydrogen-bond donors (Lipinski definition) is 1. The van der Waals surface area contributed by atoms with Gasteiger partial charge in [0.05, 0.1) is 11.8 Å². The zero-order valence-corrected chi connectivity index (χ0v) is 11.1. The van der Waals surface area contributed by atoms with Gasteiger partial charge in [-0.1, -0.05) is 11.6 Å². The Morgan fingerprint density at radius 1 is 1.47 bits per heavy atom. The van der Waals surface area contributed by atoms with Gasteiger partial charge in [0.25, 0.3) is 5.91 Å². The SMILES string of the molecule is Cc1c(Cl)nc(C2CC2)nc1-n1cc(C(N)=O)cn1. The van der Waals surface area contributed by atoms with Crippen LogP contribution in [0.5, 0.6) is 0 Å². The number of aromatic nitrogens is 4.